The number of halogens is 1. The highest BCUT2D eigenvalue weighted by atomic mass is 79.9. The van der Waals surface area contributed by atoms with Crippen LogP contribution in [0.2, 0.25) is 0 Å². The van der Waals surface area contributed by atoms with Crippen LogP contribution >= 0.6 is 15.9 Å². The normalized spacial score (nSPS) is 10.5. The molecule has 0 bridgehead atoms. The molecule has 0 spiro atoms. The summed E-state index contributed by atoms with van der Waals surface area (Å²) in [5, 5.41) is 19.1. The van der Waals surface area contributed by atoms with Gasteiger partial charge in [-0.15, -0.1) is 5.10 Å². The maximum atomic E-state index is 12.5. The van der Waals surface area contributed by atoms with Gasteiger partial charge in [0.2, 0.25) is 5.91 Å². The fourth-order valence-electron chi connectivity index (χ4n) is 2.90. The van der Waals surface area contributed by atoms with Crippen molar-refractivity contribution in [1.82, 2.24) is 35.9 Å². The quantitative estimate of drug-likeness (QED) is 0.360. The van der Waals surface area contributed by atoms with E-state index in [1.165, 1.54) is 12.4 Å². The Morgan fingerprint density at radius 2 is 1.84 bits per heavy atom. The topological polar surface area (TPSA) is 138 Å². The number of hydrogen-bond donors (Lipinski definition) is 3. The lowest BCUT2D eigenvalue weighted by atomic mass is 10.1. The molecule has 2 amide bonds. The number of aromatic amines is 1. The molecule has 0 aliphatic rings. The van der Waals surface area contributed by atoms with E-state index in [2.05, 4.69) is 57.2 Å². The zero-order chi connectivity index (χ0) is 22.3. The van der Waals surface area contributed by atoms with E-state index in [0.717, 1.165) is 21.2 Å². The van der Waals surface area contributed by atoms with Gasteiger partial charge in [0.15, 0.2) is 5.82 Å². The van der Waals surface area contributed by atoms with Gasteiger partial charge in [0, 0.05) is 22.6 Å². The third kappa shape index (κ3) is 5.58. The molecule has 2 heterocycles. The number of amides is 2. The highest BCUT2D eigenvalue weighted by molar-refractivity contribution is 9.10. The van der Waals surface area contributed by atoms with Crippen molar-refractivity contribution in [2.75, 3.05) is 5.32 Å². The summed E-state index contributed by atoms with van der Waals surface area (Å²) in [6, 6.07) is 16.4. The van der Waals surface area contributed by atoms with Gasteiger partial charge < -0.3 is 10.6 Å². The number of H-pyrrole nitrogens is 1. The first kappa shape index (κ1) is 21.2. The van der Waals surface area contributed by atoms with Crippen LogP contribution in [0.1, 0.15) is 21.6 Å². The summed E-state index contributed by atoms with van der Waals surface area (Å²) in [5.74, 6) is 0.208. The average molecular weight is 493 g/mol. The maximum Gasteiger partial charge on any atom is 0.270 e. The van der Waals surface area contributed by atoms with Gasteiger partial charge in [-0.05, 0) is 33.7 Å². The summed E-state index contributed by atoms with van der Waals surface area (Å²) in [5.41, 5.74) is 2.74. The molecule has 32 heavy (non-hydrogen) atoms. The first-order valence-electron chi connectivity index (χ1n) is 9.54. The summed E-state index contributed by atoms with van der Waals surface area (Å²) in [6.45, 7) is 0.308. The Morgan fingerprint density at radius 1 is 1.00 bits per heavy atom. The zero-order valence-corrected chi connectivity index (χ0v) is 18.2. The minimum atomic E-state index is -0.376. The molecular formula is C21H17BrN8O2. The zero-order valence-electron chi connectivity index (χ0n) is 16.6. The predicted molar refractivity (Wildman–Crippen MR) is 119 cm³/mol. The van der Waals surface area contributed by atoms with Crippen LogP contribution in [-0.2, 0) is 17.8 Å². The molecule has 4 aromatic rings. The van der Waals surface area contributed by atoms with Crippen LogP contribution in [0.25, 0.3) is 11.4 Å². The van der Waals surface area contributed by atoms with Crippen LogP contribution in [0.4, 0.5) is 5.82 Å². The molecule has 0 saturated carbocycles. The summed E-state index contributed by atoms with van der Waals surface area (Å²) in [4.78, 5) is 32.8. The van der Waals surface area contributed by atoms with Crippen LogP contribution in [0.3, 0.4) is 0 Å². The Morgan fingerprint density at radius 3 is 2.59 bits per heavy atom. The Labute approximate surface area is 191 Å². The lowest BCUT2D eigenvalue weighted by molar-refractivity contribution is -0.115. The molecule has 0 unspecified atom stereocenters. The van der Waals surface area contributed by atoms with Crippen LogP contribution in [0.15, 0.2) is 65.4 Å². The fourth-order valence-corrected chi connectivity index (χ4v) is 3.35. The second-order valence-corrected chi connectivity index (χ2v) is 7.69. The Hall–Kier alpha value is -3.99. The van der Waals surface area contributed by atoms with Crippen molar-refractivity contribution in [2.24, 2.45) is 0 Å². The first-order valence-corrected chi connectivity index (χ1v) is 10.3. The van der Waals surface area contributed by atoms with Crippen LogP contribution in [-0.4, -0.2) is 42.4 Å². The van der Waals surface area contributed by atoms with Crippen molar-refractivity contribution >= 4 is 33.6 Å². The van der Waals surface area contributed by atoms with Crippen LogP contribution in [0.5, 0.6) is 0 Å². The molecule has 0 aliphatic heterocycles. The molecule has 10 nitrogen and oxygen atoms in total. The Bertz CT molecular complexity index is 1230. The Balaban J connectivity index is 1.33. The molecule has 2 aromatic heterocycles. The Kier molecular flexibility index (Phi) is 6.56. The van der Waals surface area contributed by atoms with E-state index in [9.17, 15) is 9.59 Å². The number of benzene rings is 2. The second-order valence-electron chi connectivity index (χ2n) is 6.77. The molecule has 0 radical (unpaired) electrons. The molecule has 4 rings (SSSR count). The molecule has 0 atom stereocenters. The minimum Gasteiger partial charge on any atom is -0.347 e. The number of carbonyl (C=O) groups excluding carboxylic acids is 2. The SMILES string of the molecule is O=C(Cc1cccc(Br)c1)Nc1cc(C(=O)NCc2ccc(-c3nnn[nH]3)cc2)ncn1. The van der Waals surface area contributed by atoms with Gasteiger partial charge in [-0.25, -0.2) is 15.1 Å². The number of aromatic nitrogens is 6. The summed E-state index contributed by atoms with van der Waals surface area (Å²) < 4.78 is 0.897. The van der Waals surface area contributed by atoms with Gasteiger partial charge >= 0.3 is 0 Å². The second kappa shape index (κ2) is 9.88. The number of hydrogen-bond acceptors (Lipinski definition) is 7. The van der Waals surface area contributed by atoms with Crippen LogP contribution < -0.4 is 10.6 Å². The van der Waals surface area contributed by atoms with Gasteiger partial charge in [-0.2, -0.15) is 0 Å². The largest absolute Gasteiger partial charge is 0.347 e. The van der Waals surface area contributed by atoms with Crippen molar-refractivity contribution < 1.29 is 9.59 Å². The maximum absolute atomic E-state index is 12.5. The summed E-state index contributed by atoms with van der Waals surface area (Å²) >= 11 is 3.38. The fraction of sp³-hybridized carbons (Fsp3) is 0.0952. The minimum absolute atomic E-state index is 0.155. The summed E-state index contributed by atoms with van der Waals surface area (Å²) in [6.07, 6.45) is 1.43. The molecule has 11 heteroatoms. The first-order chi connectivity index (χ1) is 15.6. The molecule has 3 N–H and O–H groups in total. The number of nitrogens with zero attached hydrogens (tertiary/aromatic N) is 5. The van der Waals surface area contributed by atoms with Crippen molar-refractivity contribution in [3.8, 4) is 11.4 Å². The highest BCUT2D eigenvalue weighted by Crippen LogP contribution is 2.15. The average Bonchev–Trinajstić information content (AvgIpc) is 3.33. The van der Waals surface area contributed by atoms with E-state index >= 15 is 0 Å². The molecule has 0 fully saturated rings. The van der Waals surface area contributed by atoms with Crippen LogP contribution in [0, 0.1) is 0 Å². The van der Waals surface area contributed by atoms with Crippen molar-refractivity contribution in [3.05, 3.63) is 82.2 Å². The lowest BCUT2D eigenvalue weighted by Gasteiger charge is -2.08. The standard InChI is InChI=1S/C21H17BrN8O2/c22-16-3-1-2-14(8-16)9-19(31)26-18-10-17(24-12-25-18)21(32)23-11-13-4-6-15(7-5-13)20-27-29-30-28-20/h1-8,10,12H,9,11H2,(H,23,32)(H,24,25,26,31)(H,27,28,29,30). The van der Waals surface area contributed by atoms with Crippen molar-refractivity contribution in [1.29, 1.82) is 0 Å². The third-order valence-electron chi connectivity index (χ3n) is 4.45. The lowest BCUT2D eigenvalue weighted by Crippen LogP contribution is -2.24. The van der Waals surface area contributed by atoms with E-state index in [-0.39, 0.29) is 29.7 Å². The number of carbonyl (C=O) groups is 2. The number of rotatable bonds is 7. The monoisotopic (exact) mass is 492 g/mol. The van der Waals surface area contributed by atoms with E-state index in [1.807, 2.05) is 48.5 Å². The molecule has 0 aliphatic carbocycles. The van der Waals surface area contributed by atoms with E-state index in [0.29, 0.717) is 12.4 Å². The smallest absolute Gasteiger partial charge is 0.270 e. The molecule has 160 valence electrons. The van der Waals surface area contributed by atoms with Crippen molar-refractivity contribution in [3.63, 3.8) is 0 Å². The predicted octanol–water partition coefficient (Wildman–Crippen LogP) is 2.53. The molecule has 2 aromatic carbocycles. The van der Waals surface area contributed by atoms with E-state index in [1.54, 1.807) is 0 Å². The van der Waals surface area contributed by atoms with Gasteiger partial charge in [0.25, 0.3) is 5.91 Å². The van der Waals surface area contributed by atoms with Gasteiger partial charge in [-0.1, -0.05) is 52.3 Å². The van der Waals surface area contributed by atoms with E-state index in [4.69, 9.17) is 0 Å². The van der Waals surface area contributed by atoms with E-state index < -0.39 is 0 Å². The summed E-state index contributed by atoms with van der Waals surface area (Å²) in [7, 11) is 0. The molecular weight excluding hydrogens is 476 g/mol. The third-order valence-corrected chi connectivity index (χ3v) is 4.94. The van der Waals surface area contributed by atoms with Crippen molar-refractivity contribution in [2.45, 2.75) is 13.0 Å². The highest BCUT2D eigenvalue weighted by Gasteiger charge is 2.11. The number of anilines is 1. The van der Waals surface area contributed by atoms with Gasteiger partial charge in [0.1, 0.15) is 17.8 Å². The number of nitrogens with one attached hydrogen (secondary N) is 3. The van der Waals surface area contributed by atoms with Gasteiger partial charge in [-0.3, -0.25) is 9.59 Å². The van der Waals surface area contributed by atoms with Gasteiger partial charge in [0.05, 0.1) is 6.42 Å². The molecule has 0 saturated heterocycles. The number of tetrazole rings is 1.